The van der Waals surface area contributed by atoms with Gasteiger partial charge in [0.1, 0.15) is 0 Å². The van der Waals surface area contributed by atoms with Crippen LogP contribution >= 0.6 is 12.2 Å². The van der Waals surface area contributed by atoms with E-state index >= 15 is 0 Å². The van der Waals surface area contributed by atoms with Crippen LogP contribution in [0.15, 0.2) is 0 Å². The molecule has 2 rings (SSSR count). The monoisotopic (exact) mass is 256 g/mol. The van der Waals surface area contributed by atoms with Crippen LogP contribution in [0.1, 0.15) is 25.7 Å². The van der Waals surface area contributed by atoms with Crippen molar-refractivity contribution in [1.29, 1.82) is 0 Å². The molecule has 2 N–H and O–H groups in total. The maximum absolute atomic E-state index is 12.3. The summed E-state index contributed by atoms with van der Waals surface area (Å²) in [5.41, 5.74) is 5.16. The molecule has 4 nitrogen and oxygen atoms in total. The Morgan fingerprint density at radius 3 is 2.53 bits per heavy atom. The molecule has 0 spiro atoms. The Hall–Kier alpha value is -0.680. The summed E-state index contributed by atoms with van der Waals surface area (Å²) in [5, 5.41) is 0. The van der Waals surface area contributed by atoms with E-state index in [1.54, 1.807) is 0 Å². The molecule has 1 aliphatic heterocycles. The van der Waals surface area contributed by atoms with Gasteiger partial charge in [-0.2, -0.15) is 0 Å². The molecular formula is C12H20N2O2S. The zero-order chi connectivity index (χ0) is 12.5. The van der Waals surface area contributed by atoms with Crippen LogP contribution in [0, 0.1) is 11.3 Å². The SMILES string of the molecule is CN(CC1CCOCC1)C(=O)C1(C(N)=S)CC1. The van der Waals surface area contributed by atoms with Crippen molar-refractivity contribution in [3.05, 3.63) is 0 Å². The highest BCUT2D eigenvalue weighted by Crippen LogP contribution is 2.47. The molecule has 96 valence electrons. The Morgan fingerprint density at radius 1 is 1.47 bits per heavy atom. The van der Waals surface area contributed by atoms with Gasteiger partial charge in [-0.3, -0.25) is 4.79 Å². The van der Waals surface area contributed by atoms with Crippen molar-refractivity contribution in [3.63, 3.8) is 0 Å². The number of thiocarbonyl (C=S) groups is 1. The molecule has 1 aliphatic carbocycles. The van der Waals surface area contributed by atoms with Gasteiger partial charge < -0.3 is 15.4 Å². The molecule has 1 heterocycles. The number of amides is 1. The van der Waals surface area contributed by atoms with Gasteiger partial charge in [0.15, 0.2) is 0 Å². The van der Waals surface area contributed by atoms with Crippen molar-refractivity contribution in [2.45, 2.75) is 25.7 Å². The van der Waals surface area contributed by atoms with Crippen LogP contribution in [0.3, 0.4) is 0 Å². The fourth-order valence-electron chi connectivity index (χ4n) is 2.46. The minimum Gasteiger partial charge on any atom is -0.392 e. The molecule has 17 heavy (non-hydrogen) atoms. The summed E-state index contributed by atoms with van der Waals surface area (Å²) in [5.74, 6) is 0.663. The van der Waals surface area contributed by atoms with Crippen LogP contribution in [0.5, 0.6) is 0 Å². The van der Waals surface area contributed by atoms with Gasteiger partial charge in [-0.25, -0.2) is 0 Å². The van der Waals surface area contributed by atoms with E-state index in [0.717, 1.165) is 45.4 Å². The van der Waals surface area contributed by atoms with Crippen LogP contribution < -0.4 is 5.73 Å². The second-order valence-corrected chi connectivity index (χ2v) is 5.63. The molecule has 5 heteroatoms. The summed E-state index contributed by atoms with van der Waals surface area (Å²) < 4.78 is 5.32. The fraction of sp³-hybridized carbons (Fsp3) is 0.833. The van der Waals surface area contributed by atoms with Crippen molar-refractivity contribution < 1.29 is 9.53 Å². The van der Waals surface area contributed by atoms with Crippen molar-refractivity contribution in [2.24, 2.45) is 17.1 Å². The van der Waals surface area contributed by atoms with Crippen molar-refractivity contribution in [2.75, 3.05) is 26.8 Å². The number of nitrogens with two attached hydrogens (primary N) is 1. The number of carbonyl (C=O) groups is 1. The maximum Gasteiger partial charge on any atom is 0.235 e. The van der Waals surface area contributed by atoms with Gasteiger partial charge in [0.05, 0.1) is 10.4 Å². The van der Waals surface area contributed by atoms with E-state index in [9.17, 15) is 4.79 Å². The van der Waals surface area contributed by atoms with Crippen LogP contribution in [0.2, 0.25) is 0 Å². The number of hydrogen-bond donors (Lipinski definition) is 1. The summed E-state index contributed by atoms with van der Waals surface area (Å²) >= 11 is 5.00. The van der Waals surface area contributed by atoms with Crippen molar-refractivity contribution in [3.8, 4) is 0 Å². The Balaban J connectivity index is 1.89. The molecule has 0 bridgehead atoms. The molecule has 0 aromatic rings. The molecule has 1 saturated heterocycles. The molecule has 1 saturated carbocycles. The summed E-state index contributed by atoms with van der Waals surface area (Å²) in [7, 11) is 1.86. The van der Waals surface area contributed by atoms with E-state index in [1.165, 1.54) is 0 Å². The fourth-order valence-corrected chi connectivity index (χ4v) is 2.75. The lowest BCUT2D eigenvalue weighted by Crippen LogP contribution is -2.43. The van der Waals surface area contributed by atoms with Crippen LogP contribution in [-0.4, -0.2) is 42.6 Å². The Kier molecular flexibility index (Phi) is 3.68. The normalized spacial score (nSPS) is 23.1. The Morgan fingerprint density at radius 2 is 2.06 bits per heavy atom. The quantitative estimate of drug-likeness (QED) is 0.761. The first-order valence-corrected chi connectivity index (χ1v) is 6.60. The lowest BCUT2D eigenvalue weighted by atomic mass is 9.98. The second kappa shape index (κ2) is 4.90. The minimum absolute atomic E-state index is 0.108. The number of carbonyl (C=O) groups excluding carboxylic acids is 1. The van der Waals surface area contributed by atoms with Gasteiger partial charge in [-0.1, -0.05) is 12.2 Å². The zero-order valence-electron chi connectivity index (χ0n) is 10.3. The van der Waals surface area contributed by atoms with Gasteiger partial charge >= 0.3 is 0 Å². The highest BCUT2D eigenvalue weighted by Gasteiger charge is 2.53. The summed E-state index contributed by atoms with van der Waals surface area (Å²) in [4.78, 5) is 14.4. The minimum atomic E-state index is -0.505. The zero-order valence-corrected chi connectivity index (χ0v) is 11.1. The average molecular weight is 256 g/mol. The Labute approximate surface area is 107 Å². The predicted octanol–water partition coefficient (Wildman–Crippen LogP) is 0.938. The van der Waals surface area contributed by atoms with Gasteiger partial charge in [0, 0.05) is 26.8 Å². The molecule has 2 aliphatic rings. The highest BCUT2D eigenvalue weighted by atomic mass is 32.1. The Bertz CT molecular complexity index is 322. The van der Waals surface area contributed by atoms with Gasteiger partial charge in [0.25, 0.3) is 0 Å². The van der Waals surface area contributed by atoms with Crippen LogP contribution in [0.25, 0.3) is 0 Å². The lowest BCUT2D eigenvalue weighted by Gasteiger charge is -2.29. The second-order valence-electron chi connectivity index (χ2n) is 5.19. The largest absolute Gasteiger partial charge is 0.392 e. The molecule has 2 fully saturated rings. The first-order valence-electron chi connectivity index (χ1n) is 6.19. The third-order valence-electron chi connectivity index (χ3n) is 3.85. The summed E-state index contributed by atoms with van der Waals surface area (Å²) in [6.07, 6.45) is 3.72. The lowest BCUT2D eigenvalue weighted by molar-refractivity contribution is -0.134. The average Bonchev–Trinajstić information content (AvgIpc) is 3.10. The van der Waals surface area contributed by atoms with E-state index < -0.39 is 5.41 Å². The maximum atomic E-state index is 12.3. The first-order chi connectivity index (χ1) is 8.06. The van der Waals surface area contributed by atoms with Crippen LogP contribution in [-0.2, 0) is 9.53 Å². The first kappa shape index (κ1) is 12.8. The van der Waals surface area contributed by atoms with Crippen molar-refractivity contribution >= 4 is 23.1 Å². The molecule has 0 aromatic carbocycles. The summed E-state index contributed by atoms with van der Waals surface area (Å²) in [6, 6.07) is 0. The van der Waals surface area contributed by atoms with E-state index in [4.69, 9.17) is 22.7 Å². The van der Waals surface area contributed by atoms with Gasteiger partial charge in [-0.05, 0) is 31.6 Å². The number of ether oxygens (including phenoxy) is 1. The summed E-state index contributed by atoms with van der Waals surface area (Å²) in [6.45, 7) is 2.42. The predicted molar refractivity (Wildman–Crippen MR) is 69.6 cm³/mol. The molecule has 1 amide bonds. The third kappa shape index (κ3) is 2.60. The molecule has 0 atom stereocenters. The van der Waals surface area contributed by atoms with Gasteiger partial charge in [0.2, 0.25) is 5.91 Å². The van der Waals surface area contributed by atoms with E-state index in [0.29, 0.717) is 10.9 Å². The van der Waals surface area contributed by atoms with Crippen molar-refractivity contribution in [1.82, 2.24) is 4.90 Å². The van der Waals surface area contributed by atoms with Crippen LogP contribution in [0.4, 0.5) is 0 Å². The molecule has 0 aromatic heterocycles. The van der Waals surface area contributed by atoms with Gasteiger partial charge in [-0.15, -0.1) is 0 Å². The molecule has 0 radical (unpaired) electrons. The third-order valence-corrected chi connectivity index (χ3v) is 4.24. The topological polar surface area (TPSA) is 55.6 Å². The van der Waals surface area contributed by atoms with E-state index in [-0.39, 0.29) is 5.91 Å². The number of rotatable bonds is 4. The smallest absolute Gasteiger partial charge is 0.235 e. The van der Waals surface area contributed by atoms with E-state index in [2.05, 4.69) is 0 Å². The van der Waals surface area contributed by atoms with E-state index in [1.807, 2.05) is 11.9 Å². The molecule has 0 unspecified atom stereocenters. The number of hydrogen-bond acceptors (Lipinski definition) is 3. The number of nitrogens with zero attached hydrogens (tertiary/aromatic N) is 1. The molecular weight excluding hydrogens is 236 g/mol. The standard InChI is InChI=1S/C12H20N2O2S/c1-14(8-9-2-6-16-7-3-9)11(15)12(4-5-12)10(13)17/h9H,2-8H2,1H3,(H2,13,17). The highest BCUT2D eigenvalue weighted by molar-refractivity contribution is 7.80.